The third-order valence-electron chi connectivity index (χ3n) is 5.22. The molecule has 2 heterocycles. The number of methoxy groups -OCH3 is 1. The van der Waals surface area contributed by atoms with Gasteiger partial charge in [-0.25, -0.2) is 14.2 Å². The number of carbonyl (C=O) groups is 1. The zero-order valence-corrected chi connectivity index (χ0v) is 19.1. The van der Waals surface area contributed by atoms with Gasteiger partial charge in [0.25, 0.3) is 0 Å². The molecule has 3 aromatic carbocycles. The molecule has 5 aromatic rings. The van der Waals surface area contributed by atoms with E-state index in [2.05, 4.69) is 31.1 Å². The summed E-state index contributed by atoms with van der Waals surface area (Å²) in [6.45, 7) is 0. The first-order valence-electron chi connectivity index (χ1n) is 9.87. The number of aryl methyl sites for hydroxylation is 1. The molecular formula is C24H16BrFN4O3. The molecule has 0 aliphatic heterocycles. The van der Waals surface area contributed by atoms with Crippen molar-refractivity contribution in [2.75, 3.05) is 7.11 Å². The molecule has 0 fully saturated rings. The Balaban J connectivity index is 1.62. The minimum Gasteiger partial charge on any atom is -0.465 e. The number of fused-ring (bicyclic) bond motifs is 1. The number of hydrogen-bond donors (Lipinski definition) is 0. The van der Waals surface area contributed by atoms with Gasteiger partial charge in [0, 0.05) is 18.2 Å². The summed E-state index contributed by atoms with van der Waals surface area (Å²) in [6.07, 6.45) is 1.57. The summed E-state index contributed by atoms with van der Waals surface area (Å²) < 4.78 is 27.2. The molecule has 0 saturated carbocycles. The lowest BCUT2D eigenvalue weighted by atomic mass is 9.97. The highest BCUT2D eigenvalue weighted by molar-refractivity contribution is 9.10. The lowest BCUT2D eigenvalue weighted by Crippen LogP contribution is -2.00. The molecule has 7 nitrogen and oxygen atoms in total. The van der Waals surface area contributed by atoms with Gasteiger partial charge in [-0.2, -0.15) is 0 Å². The van der Waals surface area contributed by atoms with Crippen LogP contribution in [0.3, 0.4) is 0 Å². The van der Waals surface area contributed by atoms with Gasteiger partial charge in [0.2, 0.25) is 5.89 Å². The molecule has 0 atom stereocenters. The van der Waals surface area contributed by atoms with E-state index in [0.717, 1.165) is 16.7 Å². The minimum atomic E-state index is -0.461. The maximum absolute atomic E-state index is 14.1. The Morgan fingerprint density at radius 3 is 2.67 bits per heavy atom. The fourth-order valence-corrected chi connectivity index (χ4v) is 4.18. The standard InChI is InChI=1S/C24H16BrFN4O3/c1-30-12-27-29-22(30)18-11-16(26)6-7-17(18)13-4-3-5-14(8-13)23-28-20-10-15(24(31)32-2)9-19(25)21(20)33-23/h3-12H,1-2H3. The van der Waals surface area contributed by atoms with E-state index in [0.29, 0.717) is 38.4 Å². The summed E-state index contributed by atoms with van der Waals surface area (Å²) >= 11 is 3.44. The van der Waals surface area contributed by atoms with Crippen LogP contribution in [0.1, 0.15) is 10.4 Å². The Morgan fingerprint density at radius 2 is 1.91 bits per heavy atom. The number of nitrogens with zero attached hydrogens (tertiary/aromatic N) is 4. The number of oxazole rings is 1. The molecule has 9 heteroatoms. The maximum Gasteiger partial charge on any atom is 0.337 e. The number of ether oxygens (including phenoxy) is 1. The van der Waals surface area contributed by atoms with Gasteiger partial charge in [0.15, 0.2) is 11.4 Å². The largest absolute Gasteiger partial charge is 0.465 e. The van der Waals surface area contributed by atoms with Gasteiger partial charge in [-0.05, 0) is 63.5 Å². The smallest absolute Gasteiger partial charge is 0.337 e. The monoisotopic (exact) mass is 506 g/mol. The van der Waals surface area contributed by atoms with Crippen LogP contribution in [-0.4, -0.2) is 32.8 Å². The molecule has 0 spiro atoms. The summed E-state index contributed by atoms with van der Waals surface area (Å²) in [6, 6.07) is 15.4. The van der Waals surface area contributed by atoms with Gasteiger partial charge in [-0.3, -0.25) is 0 Å². The Kier molecular flexibility index (Phi) is 5.26. The summed E-state index contributed by atoms with van der Waals surface area (Å²) in [7, 11) is 3.13. The van der Waals surface area contributed by atoms with Crippen LogP contribution in [0.4, 0.5) is 4.39 Å². The van der Waals surface area contributed by atoms with Gasteiger partial charge < -0.3 is 13.7 Å². The van der Waals surface area contributed by atoms with Crippen molar-refractivity contribution in [3.8, 4) is 34.0 Å². The first-order chi connectivity index (χ1) is 15.9. The Morgan fingerprint density at radius 1 is 1.09 bits per heavy atom. The number of rotatable bonds is 4. The van der Waals surface area contributed by atoms with Crippen LogP contribution < -0.4 is 0 Å². The second kappa shape index (κ2) is 8.25. The maximum atomic E-state index is 14.1. The van der Waals surface area contributed by atoms with Crippen molar-refractivity contribution in [1.82, 2.24) is 19.7 Å². The molecule has 0 saturated heterocycles. The van der Waals surface area contributed by atoms with Gasteiger partial charge >= 0.3 is 5.97 Å². The van der Waals surface area contributed by atoms with E-state index in [-0.39, 0.29) is 5.82 Å². The van der Waals surface area contributed by atoms with E-state index in [1.165, 1.54) is 19.2 Å². The van der Waals surface area contributed by atoms with Crippen LogP contribution in [0.5, 0.6) is 0 Å². The highest BCUT2D eigenvalue weighted by atomic mass is 79.9. The summed E-state index contributed by atoms with van der Waals surface area (Å²) in [5, 5.41) is 8.05. The lowest BCUT2D eigenvalue weighted by Gasteiger charge is -2.10. The zero-order chi connectivity index (χ0) is 23.1. The van der Waals surface area contributed by atoms with Crippen LogP contribution in [0.25, 0.3) is 45.1 Å². The van der Waals surface area contributed by atoms with Crippen LogP contribution in [0.2, 0.25) is 0 Å². The second-order valence-corrected chi connectivity index (χ2v) is 8.21. The second-order valence-electron chi connectivity index (χ2n) is 7.35. The van der Waals surface area contributed by atoms with Crippen LogP contribution in [0, 0.1) is 5.82 Å². The predicted molar refractivity (Wildman–Crippen MR) is 124 cm³/mol. The van der Waals surface area contributed by atoms with E-state index in [1.54, 1.807) is 36.1 Å². The van der Waals surface area contributed by atoms with Crippen LogP contribution in [-0.2, 0) is 11.8 Å². The van der Waals surface area contributed by atoms with Crippen LogP contribution in [0.15, 0.2) is 69.8 Å². The van der Waals surface area contributed by atoms with Gasteiger partial charge in [-0.15, -0.1) is 10.2 Å². The quantitative estimate of drug-likeness (QED) is 0.293. The van der Waals surface area contributed by atoms with E-state index >= 15 is 0 Å². The van der Waals surface area contributed by atoms with E-state index in [9.17, 15) is 9.18 Å². The molecule has 0 bridgehead atoms. The molecule has 2 aromatic heterocycles. The van der Waals surface area contributed by atoms with E-state index in [4.69, 9.17) is 9.15 Å². The molecular weight excluding hydrogens is 491 g/mol. The van der Waals surface area contributed by atoms with Gasteiger partial charge in [0.05, 0.1) is 17.1 Å². The fourth-order valence-electron chi connectivity index (χ4n) is 3.65. The number of halogens is 2. The average molecular weight is 507 g/mol. The SMILES string of the molecule is COC(=O)c1cc(Br)c2oc(-c3cccc(-c4ccc(F)cc4-c4nncn4C)c3)nc2c1. The van der Waals surface area contributed by atoms with Crippen molar-refractivity contribution < 1.29 is 18.3 Å². The van der Waals surface area contributed by atoms with Crippen molar-refractivity contribution in [2.24, 2.45) is 7.05 Å². The number of carbonyl (C=O) groups excluding carboxylic acids is 1. The van der Waals surface area contributed by atoms with Gasteiger partial charge in [-0.1, -0.05) is 18.2 Å². The topological polar surface area (TPSA) is 83.0 Å². The average Bonchev–Trinajstić information content (AvgIpc) is 3.45. The van der Waals surface area contributed by atoms with E-state index in [1.807, 2.05) is 24.3 Å². The number of aromatic nitrogens is 4. The number of esters is 1. The third kappa shape index (κ3) is 3.80. The molecule has 0 aliphatic rings. The van der Waals surface area contributed by atoms with Crippen molar-refractivity contribution in [3.63, 3.8) is 0 Å². The normalized spacial score (nSPS) is 11.2. The highest BCUT2D eigenvalue weighted by Crippen LogP contribution is 2.35. The molecule has 0 N–H and O–H groups in total. The summed E-state index contributed by atoms with van der Waals surface area (Å²) in [4.78, 5) is 16.5. The molecule has 0 unspecified atom stereocenters. The highest BCUT2D eigenvalue weighted by Gasteiger charge is 2.18. The molecule has 33 heavy (non-hydrogen) atoms. The molecule has 0 radical (unpaired) electrons. The first kappa shape index (κ1) is 21.0. The molecule has 0 amide bonds. The molecule has 0 aliphatic carbocycles. The molecule has 164 valence electrons. The first-order valence-corrected chi connectivity index (χ1v) is 10.7. The zero-order valence-electron chi connectivity index (χ0n) is 17.5. The Bertz CT molecular complexity index is 1530. The van der Waals surface area contributed by atoms with Gasteiger partial charge in [0.1, 0.15) is 17.7 Å². The number of benzene rings is 3. The predicted octanol–water partition coefficient (Wildman–Crippen LogP) is 5.65. The minimum absolute atomic E-state index is 0.363. The van der Waals surface area contributed by atoms with Crippen molar-refractivity contribution in [3.05, 3.63) is 76.8 Å². The van der Waals surface area contributed by atoms with Crippen molar-refractivity contribution in [1.29, 1.82) is 0 Å². The van der Waals surface area contributed by atoms with Crippen molar-refractivity contribution >= 4 is 33.0 Å². The fraction of sp³-hybridized carbons (Fsp3) is 0.0833. The Hall–Kier alpha value is -3.85. The number of hydrogen-bond acceptors (Lipinski definition) is 6. The summed E-state index contributed by atoms with van der Waals surface area (Å²) in [5.41, 5.74) is 4.38. The lowest BCUT2D eigenvalue weighted by molar-refractivity contribution is 0.0601. The molecule has 5 rings (SSSR count). The Labute approximate surface area is 196 Å². The van der Waals surface area contributed by atoms with Crippen molar-refractivity contribution in [2.45, 2.75) is 0 Å². The van der Waals surface area contributed by atoms with E-state index < -0.39 is 5.97 Å². The summed E-state index contributed by atoms with van der Waals surface area (Å²) in [5.74, 6) is 0.114. The van der Waals surface area contributed by atoms with Crippen LogP contribution >= 0.6 is 15.9 Å². The third-order valence-corrected chi connectivity index (χ3v) is 5.81.